The summed E-state index contributed by atoms with van der Waals surface area (Å²) in [5.74, 6) is 1.17. The van der Waals surface area contributed by atoms with Crippen molar-refractivity contribution in [2.75, 3.05) is 20.3 Å². The SMILES string of the molecule is COc1ccc(OCCOC(F)(F)F)c(CNC(C)C)c1. The summed E-state index contributed by atoms with van der Waals surface area (Å²) in [6.07, 6.45) is -4.63. The maximum atomic E-state index is 11.9. The lowest BCUT2D eigenvalue weighted by Gasteiger charge is -2.15. The first-order chi connectivity index (χ1) is 9.81. The van der Waals surface area contributed by atoms with Crippen LogP contribution in [0.3, 0.4) is 0 Å². The standard InChI is InChI=1S/C14H20F3NO3/c1-10(2)18-9-11-8-12(19-3)4-5-13(11)20-6-7-21-14(15,16)17/h4-5,8,10,18H,6-7,9H2,1-3H3. The first kappa shape index (κ1) is 17.6. The molecule has 0 saturated carbocycles. The van der Waals surface area contributed by atoms with Gasteiger partial charge in [-0.25, -0.2) is 0 Å². The second-order valence-corrected chi connectivity index (χ2v) is 4.65. The van der Waals surface area contributed by atoms with Crippen LogP contribution in [0.2, 0.25) is 0 Å². The van der Waals surface area contributed by atoms with Gasteiger partial charge in [0.25, 0.3) is 0 Å². The van der Waals surface area contributed by atoms with Crippen LogP contribution in [0.5, 0.6) is 11.5 Å². The molecule has 0 fully saturated rings. The number of halogens is 3. The minimum Gasteiger partial charge on any atom is -0.497 e. The van der Waals surface area contributed by atoms with Crippen LogP contribution < -0.4 is 14.8 Å². The molecule has 1 N–H and O–H groups in total. The topological polar surface area (TPSA) is 39.7 Å². The zero-order valence-electron chi connectivity index (χ0n) is 12.3. The van der Waals surface area contributed by atoms with Gasteiger partial charge in [0.15, 0.2) is 0 Å². The summed E-state index contributed by atoms with van der Waals surface area (Å²) in [5, 5.41) is 3.22. The third-order valence-electron chi connectivity index (χ3n) is 2.58. The molecule has 1 aromatic rings. The van der Waals surface area contributed by atoms with Crippen molar-refractivity contribution in [1.82, 2.24) is 5.32 Å². The Labute approximate surface area is 122 Å². The molecule has 0 aliphatic carbocycles. The van der Waals surface area contributed by atoms with E-state index in [1.54, 1.807) is 25.3 Å². The summed E-state index contributed by atoms with van der Waals surface area (Å²) >= 11 is 0. The van der Waals surface area contributed by atoms with Crippen molar-refractivity contribution in [3.05, 3.63) is 23.8 Å². The molecule has 0 saturated heterocycles. The summed E-state index contributed by atoms with van der Waals surface area (Å²) in [4.78, 5) is 0. The zero-order valence-corrected chi connectivity index (χ0v) is 12.3. The maximum Gasteiger partial charge on any atom is 0.522 e. The lowest BCUT2D eigenvalue weighted by molar-refractivity contribution is -0.325. The number of methoxy groups -OCH3 is 1. The number of hydrogen-bond donors (Lipinski definition) is 1. The van der Waals surface area contributed by atoms with Gasteiger partial charge in [-0.1, -0.05) is 13.8 Å². The van der Waals surface area contributed by atoms with E-state index < -0.39 is 13.0 Å². The fraction of sp³-hybridized carbons (Fsp3) is 0.571. The Morgan fingerprint density at radius 2 is 1.90 bits per heavy atom. The van der Waals surface area contributed by atoms with E-state index in [-0.39, 0.29) is 12.6 Å². The molecule has 0 amide bonds. The van der Waals surface area contributed by atoms with E-state index >= 15 is 0 Å². The predicted molar refractivity (Wildman–Crippen MR) is 72.5 cm³/mol. The average Bonchev–Trinajstić information content (AvgIpc) is 2.40. The van der Waals surface area contributed by atoms with E-state index in [4.69, 9.17) is 9.47 Å². The van der Waals surface area contributed by atoms with E-state index in [9.17, 15) is 13.2 Å². The van der Waals surface area contributed by atoms with Crippen LogP contribution in [0.25, 0.3) is 0 Å². The van der Waals surface area contributed by atoms with Crippen molar-refractivity contribution in [2.45, 2.75) is 32.8 Å². The summed E-state index contributed by atoms with van der Waals surface area (Å²) < 4.78 is 49.7. The van der Waals surface area contributed by atoms with Crippen LogP contribution in [0.1, 0.15) is 19.4 Å². The normalized spacial score (nSPS) is 11.8. The predicted octanol–water partition coefficient (Wildman–Crippen LogP) is 3.11. The molecule has 1 rings (SSSR count). The Morgan fingerprint density at radius 1 is 1.19 bits per heavy atom. The minimum atomic E-state index is -4.63. The number of nitrogens with one attached hydrogen (secondary N) is 1. The number of rotatable bonds is 8. The molecule has 0 aliphatic rings. The first-order valence-corrected chi connectivity index (χ1v) is 6.55. The molecule has 0 spiro atoms. The van der Waals surface area contributed by atoms with Gasteiger partial charge in [-0.05, 0) is 18.2 Å². The van der Waals surface area contributed by atoms with Gasteiger partial charge in [0.2, 0.25) is 0 Å². The van der Waals surface area contributed by atoms with Gasteiger partial charge in [0.05, 0.1) is 13.7 Å². The number of benzene rings is 1. The van der Waals surface area contributed by atoms with Gasteiger partial charge in [0, 0.05) is 18.2 Å². The van der Waals surface area contributed by atoms with E-state index in [2.05, 4.69) is 10.1 Å². The summed E-state index contributed by atoms with van der Waals surface area (Å²) in [5.41, 5.74) is 0.815. The highest BCUT2D eigenvalue weighted by Gasteiger charge is 2.28. The third kappa shape index (κ3) is 7.19. The van der Waals surface area contributed by atoms with E-state index in [1.165, 1.54) is 0 Å². The largest absolute Gasteiger partial charge is 0.522 e. The summed E-state index contributed by atoms with van der Waals surface area (Å²) in [6, 6.07) is 5.43. The molecule has 0 atom stereocenters. The molecule has 4 nitrogen and oxygen atoms in total. The molecule has 120 valence electrons. The van der Waals surface area contributed by atoms with Crippen molar-refractivity contribution in [3.8, 4) is 11.5 Å². The van der Waals surface area contributed by atoms with Crippen LogP contribution in [0, 0.1) is 0 Å². The Kier molecular flexibility index (Phi) is 6.77. The second-order valence-electron chi connectivity index (χ2n) is 4.65. The van der Waals surface area contributed by atoms with Gasteiger partial charge < -0.3 is 14.8 Å². The quantitative estimate of drug-likeness (QED) is 0.749. The molecule has 0 heterocycles. The lowest BCUT2D eigenvalue weighted by Crippen LogP contribution is -2.22. The fourth-order valence-electron chi connectivity index (χ4n) is 1.58. The van der Waals surface area contributed by atoms with Gasteiger partial charge in [-0.3, -0.25) is 4.74 Å². The molecule has 1 aromatic carbocycles. The van der Waals surface area contributed by atoms with Crippen LogP contribution in [-0.4, -0.2) is 32.7 Å². The van der Waals surface area contributed by atoms with E-state index in [1.807, 2.05) is 13.8 Å². The number of alkyl halides is 3. The Morgan fingerprint density at radius 3 is 2.48 bits per heavy atom. The number of hydrogen-bond acceptors (Lipinski definition) is 4. The van der Waals surface area contributed by atoms with Crippen molar-refractivity contribution < 1.29 is 27.4 Å². The van der Waals surface area contributed by atoms with Gasteiger partial charge in [0.1, 0.15) is 18.1 Å². The van der Waals surface area contributed by atoms with Crippen LogP contribution in [0.4, 0.5) is 13.2 Å². The van der Waals surface area contributed by atoms with E-state index in [0.717, 1.165) is 5.56 Å². The molecule has 7 heteroatoms. The molecular formula is C14H20F3NO3. The molecule has 0 aromatic heterocycles. The monoisotopic (exact) mass is 307 g/mol. The molecular weight excluding hydrogens is 287 g/mol. The van der Waals surface area contributed by atoms with E-state index in [0.29, 0.717) is 18.0 Å². The Bertz CT molecular complexity index is 436. The molecule has 0 aliphatic heterocycles. The summed E-state index contributed by atoms with van der Waals surface area (Å²) in [7, 11) is 1.55. The van der Waals surface area contributed by atoms with Crippen LogP contribution >= 0.6 is 0 Å². The molecule has 0 unspecified atom stereocenters. The zero-order chi connectivity index (χ0) is 15.9. The number of ether oxygens (including phenoxy) is 3. The third-order valence-corrected chi connectivity index (χ3v) is 2.58. The Hall–Kier alpha value is -1.47. The Balaban J connectivity index is 2.62. The minimum absolute atomic E-state index is 0.180. The smallest absolute Gasteiger partial charge is 0.497 e. The van der Waals surface area contributed by atoms with Gasteiger partial charge >= 0.3 is 6.36 Å². The van der Waals surface area contributed by atoms with Crippen molar-refractivity contribution in [2.24, 2.45) is 0 Å². The highest BCUT2D eigenvalue weighted by molar-refractivity contribution is 5.40. The van der Waals surface area contributed by atoms with Crippen LogP contribution in [-0.2, 0) is 11.3 Å². The first-order valence-electron chi connectivity index (χ1n) is 6.55. The highest BCUT2D eigenvalue weighted by atomic mass is 19.4. The molecule has 0 radical (unpaired) electrons. The summed E-state index contributed by atoms with van der Waals surface area (Å²) in [6.45, 7) is 3.80. The highest BCUT2D eigenvalue weighted by Crippen LogP contribution is 2.24. The van der Waals surface area contributed by atoms with Crippen molar-refractivity contribution >= 4 is 0 Å². The second kappa shape index (κ2) is 8.09. The van der Waals surface area contributed by atoms with Gasteiger partial charge in [-0.2, -0.15) is 0 Å². The fourth-order valence-corrected chi connectivity index (χ4v) is 1.58. The van der Waals surface area contributed by atoms with Gasteiger partial charge in [-0.15, -0.1) is 13.2 Å². The lowest BCUT2D eigenvalue weighted by atomic mass is 10.1. The van der Waals surface area contributed by atoms with Crippen molar-refractivity contribution in [3.63, 3.8) is 0 Å². The average molecular weight is 307 g/mol. The molecule has 21 heavy (non-hydrogen) atoms. The maximum absolute atomic E-state index is 11.9. The van der Waals surface area contributed by atoms with Crippen LogP contribution in [0.15, 0.2) is 18.2 Å². The van der Waals surface area contributed by atoms with Crippen molar-refractivity contribution in [1.29, 1.82) is 0 Å². The molecule has 0 bridgehead atoms.